The first-order valence-corrected chi connectivity index (χ1v) is 8.27. The first kappa shape index (κ1) is 17.4. The molecule has 1 aromatic rings. The molecule has 0 aromatic carbocycles. The molecule has 0 unspecified atom stereocenters. The lowest BCUT2D eigenvalue weighted by Gasteiger charge is -2.42. The van der Waals surface area contributed by atoms with E-state index in [1.807, 2.05) is 0 Å². The molecular weight excluding hydrogens is 276 g/mol. The van der Waals surface area contributed by atoms with E-state index in [0.29, 0.717) is 0 Å². The highest BCUT2D eigenvalue weighted by Gasteiger charge is 2.34. The number of nitrogens with one attached hydrogen (secondary N) is 1. The van der Waals surface area contributed by atoms with Gasteiger partial charge in [0.2, 0.25) is 0 Å². The lowest BCUT2D eigenvalue weighted by Crippen LogP contribution is -2.46. The highest BCUT2D eigenvalue weighted by Crippen LogP contribution is 2.32. The summed E-state index contributed by atoms with van der Waals surface area (Å²) in [4.78, 5) is 4.65. The van der Waals surface area contributed by atoms with Gasteiger partial charge in [0, 0.05) is 29.6 Å². The zero-order valence-corrected chi connectivity index (χ0v) is 14.8. The molecule has 0 radical (unpaired) electrons. The second-order valence-corrected chi connectivity index (χ2v) is 8.20. The van der Waals surface area contributed by atoms with Crippen LogP contribution in [-0.2, 0) is 12.0 Å². The van der Waals surface area contributed by atoms with Gasteiger partial charge in [-0.3, -0.25) is 10.00 Å². The molecule has 22 heavy (non-hydrogen) atoms. The first-order valence-electron chi connectivity index (χ1n) is 8.27. The average Bonchev–Trinajstić information content (AvgIpc) is 2.89. The fourth-order valence-corrected chi connectivity index (χ4v) is 3.29. The second kappa shape index (κ2) is 6.69. The van der Waals surface area contributed by atoms with Crippen LogP contribution >= 0.6 is 0 Å². The summed E-state index contributed by atoms with van der Waals surface area (Å²) in [6, 6.07) is 2.19. The van der Waals surface area contributed by atoms with E-state index in [4.69, 9.17) is 0 Å². The van der Waals surface area contributed by atoms with Crippen LogP contribution in [0.4, 0.5) is 0 Å². The van der Waals surface area contributed by atoms with E-state index in [9.17, 15) is 5.11 Å². The van der Waals surface area contributed by atoms with Crippen LogP contribution < -0.4 is 0 Å². The Hall–Kier alpha value is -0.910. The maximum atomic E-state index is 9.80. The first-order chi connectivity index (χ1) is 10.2. The van der Waals surface area contributed by atoms with Crippen LogP contribution in [0.15, 0.2) is 6.07 Å². The number of likely N-dealkylation sites (tertiary alicyclic amines) is 1. The summed E-state index contributed by atoms with van der Waals surface area (Å²) in [5.74, 6) is 0. The van der Waals surface area contributed by atoms with Crippen molar-refractivity contribution in [2.75, 3.05) is 40.3 Å². The topological polar surface area (TPSA) is 55.4 Å². The molecule has 1 saturated heterocycles. The summed E-state index contributed by atoms with van der Waals surface area (Å²) in [6.45, 7) is 10.8. The zero-order valence-electron chi connectivity index (χ0n) is 14.8. The van der Waals surface area contributed by atoms with Crippen molar-refractivity contribution >= 4 is 0 Å². The SMILES string of the molecule is CN(C)CC1(CO)CCN(Cc2cc(C(C)(C)C)n[nH]2)CC1. The number of rotatable bonds is 5. The van der Waals surface area contributed by atoms with E-state index < -0.39 is 0 Å². The van der Waals surface area contributed by atoms with Crippen molar-refractivity contribution in [2.24, 2.45) is 5.41 Å². The molecule has 1 aromatic heterocycles. The summed E-state index contributed by atoms with van der Waals surface area (Å²) in [7, 11) is 4.17. The van der Waals surface area contributed by atoms with Gasteiger partial charge in [0.15, 0.2) is 0 Å². The van der Waals surface area contributed by atoms with Gasteiger partial charge in [0.1, 0.15) is 0 Å². The monoisotopic (exact) mass is 308 g/mol. The van der Waals surface area contributed by atoms with Crippen molar-refractivity contribution < 1.29 is 5.11 Å². The van der Waals surface area contributed by atoms with Gasteiger partial charge in [-0.05, 0) is 46.1 Å². The van der Waals surface area contributed by atoms with Crippen molar-refractivity contribution in [3.05, 3.63) is 17.5 Å². The van der Waals surface area contributed by atoms with Gasteiger partial charge in [-0.2, -0.15) is 5.10 Å². The number of H-pyrrole nitrogens is 1. The zero-order chi connectivity index (χ0) is 16.4. The van der Waals surface area contributed by atoms with Crippen LogP contribution in [0.2, 0.25) is 0 Å². The molecule has 2 heterocycles. The molecule has 126 valence electrons. The van der Waals surface area contributed by atoms with Crippen LogP contribution in [-0.4, -0.2) is 65.4 Å². The van der Waals surface area contributed by atoms with Crippen molar-refractivity contribution in [1.82, 2.24) is 20.0 Å². The molecule has 1 fully saturated rings. The fourth-order valence-electron chi connectivity index (χ4n) is 3.29. The number of aliphatic hydroxyl groups is 1. The summed E-state index contributed by atoms with van der Waals surface area (Å²) < 4.78 is 0. The van der Waals surface area contributed by atoms with Crippen LogP contribution in [0.25, 0.3) is 0 Å². The van der Waals surface area contributed by atoms with Gasteiger partial charge in [0.05, 0.1) is 12.3 Å². The van der Waals surface area contributed by atoms with Crippen molar-refractivity contribution in [2.45, 2.75) is 45.6 Å². The van der Waals surface area contributed by atoms with Crippen LogP contribution in [0, 0.1) is 5.41 Å². The van der Waals surface area contributed by atoms with Gasteiger partial charge in [-0.15, -0.1) is 0 Å². The molecule has 0 atom stereocenters. The van der Waals surface area contributed by atoms with Crippen LogP contribution in [0.1, 0.15) is 45.0 Å². The van der Waals surface area contributed by atoms with Gasteiger partial charge in [-0.1, -0.05) is 20.8 Å². The number of hydrogen-bond acceptors (Lipinski definition) is 4. The molecule has 0 saturated carbocycles. The Morgan fingerprint density at radius 2 is 1.95 bits per heavy atom. The summed E-state index contributed by atoms with van der Waals surface area (Å²) in [6.07, 6.45) is 2.11. The van der Waals surface area contributed by atoms with Crippen molar-refractivity contribution in [1.29, 1.82) is 0 Å². The maximum Gasteiger partial charge on any atom is 0.0678 e. The standard InChI is InChI=1S/C17H32N4O/c1-16(2,3)15-10-14(18-19-15)11-21-8-6-17(13-22,7-9-21)12-20(4)5/h10,22H,6-9,11-13H2,1-5H3,(H,18,19). The smallest absolute Gasteiger partial charge is 0.0678 e. The Balaban J connectivity index is 1.91. The number of aromatic amines is 1. The lowest BCUT2D eigenvalue weighted by atomic mass is 9.78. The highest BCUT2D eigenvalue weighted by molar-refractivity contribution is 5.16. The van der Waals surface area contributed by atoms with Crippen LogP contribution in [0.5, 0.6) is 0 Å². The summed E-state index contributed by atoms with van der Waals surface area (Å²) in [5, 5.41) is 17.4. The summed E-state index contributed by atoms with van der Waals surface area (Å²) in [5.41, 5.74) is 2.48. The normalized spacial score (nSPS) is 19.8. The fraction of sp³-hybridized carbons (Fsp3) is 0.824. The molecule has 2 rings (SSSR count). The minimum atomic E-state index is 0.0740. The number of hydrogen-bond donors (Lipinski definition) is 2. The average molecular weight is 308 g/mol. The van der Waals surface area contributed by atoms with Crippen molar-refractivity contribution in [3.8, 4) is 0 Å². The molecule has 1 aliphatic heterocycles. The Bertz CT molecular complexity index is 467. The van der Waals surface area contributed by atoms with E-state index in [-0.39, 0.29) is 17.4 Å². The van der Waals surface area contributed by atoms with Crippen molar-refractivity contribution in [3.63, 3.8) is 0 Å². The Kier molecular flexibility index (Phi) is 5.30. The third-order valence-corrected chi connectivity index (χ3v) is 4.70. The molecule has 0 bridgehead atoms. The number of aliphatic hydroxyl groups excluding tert-OH is 1. The Morgan fingerprint density at radius 3 is 2.41 bits per heavy atom. The second-order valence-electron chi connectivity index (χ2n) is 8.20. The molecule has 1 aliphatic rings. The highest BCUT2D eigenvalue weighted by atomic mass is 16.3. The molecular formula is C17H32N4O. The molecule has 0 aliphatic carbocycles. The van der Waals surface area contributed by atoms with Crippen LogP contribution in [0.3, 0.4) is 0 Å². The van der Waals surface area contributed by atoms with Gasteiger partial charge < -0.3 is 10.0 Å². The van der Waals surface area contributed by atoms with E-state index >= 15 is 0 Å². The molecule has 5 nitrogen and oxygen atoms in total. The minimum Gasteiger partial charge on any atom is -0.396 e. The van der Waals surface area contributed by atoms with E-state index in [1.165, 1.54) is 5.69 Å². The molecule has 0 spiro atoms. The maximum absolute atomic E-state index is 9.80. The Morgan fingerprint density at radius 1 is 1.32 bits per heavy atom. The third-order valence-electron chi connectivity index (χ3n) is 4.70. The summed E-state index contributed by atoms with van der Waals surface area (Å²) >= 11 is 0. The lowest BCUT2D eigenvalue weighted by molar-refractivity contribution is 0.0215. The number of nitrogens with zero attached hydrogens (tertiary/aromatic N) is 3. The predicted octanol–water partition coefficient (Wildman–Crippen LogP) is 1.84. The quantitative estimate of drug-likeness (QED) is 0.871. The van der Waals surface area contributed by atoms with Gasteiger partial charge in [-0.25, -0.2) is 0 Å². The molecule has 5 heteroatoms. The third kappa shape index (κ3) is 4.31. The molecule has 0 amide bonds. The number of piperidine rings is 1. The Labute approximate surface area is 134 Å². The number of aromatic nitrogens is 2. The van der Waals surface area contributed by atoms with Gasteiger partial charge in [0.25, 0.3) is 0 Å². The van der Waals surface area contributed by atoms with E-state index in [1.54, 1.807) is 0 Å². The minimum absolute atomic E-state index is 0.0740. The predicted molar refractivity (Wildman–Crippen MR) is 89.9 cm³/mol. The van der Waals surface area contributed by atoms with Gasteiger partial charge >= 0.3 is 0 Å². The van der Waals surface area contributed by atoms with E-state index in [2.05, 4.69) is 60.9 Å². The van der Waals surface area contributed by atoms with E-state index in [0.717, 1.165) is 44.7 Å². The molecule has 2 N–H and O–H groups in total. The largest absolute Gasteiger partial charge is 0.396 e.